The topological polar surface area (TPSA) is 76.0 Å². The van der Waals surface area contributed by atoms with Crippen LogP contribution >= 0.6 is 18.5 Å². The predicted octanol–water partition coefficient (Wildman–Crippen LogP) is 0.879. The van der Waals surface area contributed by atoms with Gasteiger partial charge in [-0.05, 0) is 15.5 Å². The Hall–Kier alpha value is -0.530. The molecule has 0 bridgehead atoms. The van der Waals surface area contributed by atoms with Crippen molar-refractivity contribution in [3.63, 3.8) is 0 Å². The molecule has 0 amide bonds. The highest BCUT2D eigenvalue weighted by atomic mass is 31.0. The van der Waals surface area contributed by atoms with Gasteiger partial charge < -0.3 is 9.63 Å². The number of carbonyl (C=O) groups excluding carboxylic acids is 1. The lowest BCUT2D eigenvalue weighted by molar-refractivity contribution is -0.139. The van der Waals surface area contributed by atoms with Crippen LogP contribution in [0.1, 0.15) is 12.8 Å². The van der Waals surface area contributed by atoms with Gasteiger partial charge in [-0.25, -0.2) is 4.79 Å². The summed E-state index contributed by atoms with van der Waals surface area (Å²) in [7, 11) is 4.52. The highest BCUT2D eigenvalue weighted by molar-refractivity contribution is 7.10. The Morgan fingerprint density at radius 3 is 2.58 bits per heavy atom. The molecular formula is C5H9NO4P2. The minimum atomic E-state index is -1.07. The van der Waals surface area contributed by atoms with Crippen LogP contribution in [0, 0.1) is 0 Å². The van der Waals surface area contributed by atoms with Crippen molar-refractivity contribution in [3.05, 3.63) is 0 Å². The highest BCUT2D eigenvalue weighted by Crippen LogP contribution is 2.06. The molecule has 2 atom stereocenters. The van der Waals surface area contributed by atoms with Crippen LogP contribution in [-0.2, 0) is 14.1 Å². The zero-order valence-corrected chi connectivity index (χ0v) is 8.34. The normalized spacial score (nSPS) is 11.8. The second kappa shape index (κ2) is 6.04. The SMILES string of the molecule is O=C(CC[C@H](N=P)C(=O)O)OP. The second-order valence-electron chi connectivity index (χ2n) is 2.01. The van der Waals surface area contributed by atoms with E-state index in [1.165, 1.54) is 0 Å². The van der Waals surface area contributed by atoms with Crippen LogP contribution < -0.4 is 0 Å². The number of rotatable bonds is 5. The van der Waals surface area contributed by atoms with Gasteiger partial charge in [0.05, 0.1) is 9.47 Å². The number of aliphatic carboxylic acids is 1. The Morgan fingerprint density at radius 2 is 2.25 bits per heavy atom. The van der Waals surface area contributed by atoms with E-state index in [2.05, 4.69) is 18.3 Å². The van der Waals surface area contributed by atoms with Gasteiger partial charge >= 0.3 is 11.9 Å². The molecule has 0 radical (unpaired) electrons. The molecule has 7 heteroatoms. The summed E-state index contributed by atoms with van der Waals surface area (Å²) in [4.78, 5) is 20.9. The summed E-state index contributed by atoms with van der Waals surface area (Å²) < 4.78 is 7.64. The Kier molecular flexibility index (Phi) is 5.77. The lowest BCUT2D eigenvalue weighted by Gasteiger charge is -2.03. The lowest BCUT2D eigenvalue weighted by atomic mass is 10.2. The first kappa shape index (κ1) is 11.5. The Bertz CT molecular complexity index is 196. The molecule has 0 aromatic carbocycles. The third kappa shape index (κ3) is 4.37. The van der Waals surface area contributed by atoms with Gasteiger partial charge in [-0.15, -0.1) is 0 Å². The number of hydrogen-bond acceptors (Lipinski definition) is 4. The molecule has 68 valence electrons. The summed E-state index contributed by atoms with van der Waals surface area (Å²) in [5, 5.41) is 8.48. The van der Waals surface area contributed by atoms with Gasteiger partial charge in [-0.2, -0.15) is 0 Å². The lowest BCUT2D eigenvalue weighted by Crippen LogP contribution is -2.17. The largest absolute Gasteiger partial charge is 0.480 e. The second-order valence-corrected chi connectivity index (χ2v) is 2.51. The quantitative estimate of drug-likeness (QED) is 0.682. The van der Waals surface area contributed by atoms with Crippen molar-refractivity contribution >= 4 is 30.4 Å². The van der Waals surface area contributed by atoms with Gasteiger partial charge in [0.2, 0.25) is 0 Å². The maximum atomic E-state index is 10.6. The molecular weight excluding hydrogens is 200 g/mol. The molecule has 0 saturated carbocycles. The smallest absolute Gasteiger partial charge is 0.328 e. The molecule has 0 saturated heterocycles. The fraction of sp³-hybridized carbons (Fsp3) is 0.600. The Morgan fingerprint density at radius 1 is 1.67 bits per heavy atom. The highest BCUT2D eigenvalue weighted by Gasteiger charge is 2.16. The van der Waals surface area contributed by atoms with Gasteiger partial charge in [-0.1, -0.05) is 0 Å². The van der Waals surface area contributed by atoms with Crippen LogP contribution in [0.2, 0.25) is 0 Å². The average Bonchev–Trinajstić information content (AvgIpc) is 2.04. The monoisotopic (exact) mass is 209 g/mol. The molecule has 0 rings (SSSR count). The minimum absolute atomic E-state index is 0.0362. The molecule has 0 aliphatic carbocycles. The van der Waals surface area contributed by atoms with Crippen molar-refractivity contribution in [3.8, 4) is 0 Å². The average molecular weight is 209 g/mol. The van der Waals surface area contributed by atoms with Crippen LogP contribution in [0.25, 0.3) is 0 Å². The molecule has 0 aromatic heterocycles. The minimum Gasteiger partial charge on any atom is -0.480 e. The summed E-state index contributed by atoms with van der Waals surface area (Å²) in [5.74, 6) is -1.54. The summed E-state index contributed by atoms with van der Waals surface area (Å²) in [6.45, 7) is 0. The van der Waals surface area contributed by atoms with Gasteiger partial charge in [0, 0.05) is 6.42 Å². The molecule has 0 aliphatic rings. The fourth-order valence-electron chi connectivity index (χ4n) is 0.557. The molecule has 1 unspecified atom stereocenters. The van der Waals surface area contributed by atoms with E-state index in [0.29, 0.717) is 0 Å². The number of carbonyl (C=O) groups is 2. The van der Waals surface area contributed by atoms with E-state index < -0.39 is 18.0 Å². The van der Waals surface area contributed by atoms with Crippen LogP contribution in [0.3, 0.4) is 0 Å². The standard InChI is InChI=1S/C5H9NO4P2/c7-4(10-12)2-1-3(6-11)5(8)9/h3,11H,1-2,12H2,(H,8,9)/t3-/m0/s1. The number of carboxylic acids is 1. The molecule has 12 heavy (non-hydrogen) atoms. The van der Waals surface area contributed by atoms with Gasteiger partial charge in [-0.3, -0.25) is 9.54 Å². The van der Waals surface area contributed by atoms with E-state index in [0.717, 1.165) is 0 Å². The van der Waals surface area contributed by atoms with E-state index in [1.54, 1.807) is 9.47 Å². The van der Waals surface area contributed by atoms with Crippen molar-refractivity contribution in [1.29, 1.82) is 0 Å². The van der Waals surface area contributed by atoms with Crippen LogP contribution in [-0.4, -0.2) is 23.1 Å². The summed E-state index contributed by atoms with van der Waals surface area (Å²) >= 11 is 0. The van der Waals surface area contributed by atoms with E-state index in [1.807, 2.05) is 0 Å². The first-order valence-electron chi connectivity index (χ1n) is 3.10. The van der Waals surface area contributed by atoms with Gasteiger partial charge in [0.1, 0.15) is 0 Å². The first-order chi connectivity index (χ1) is 5.61. The van der Waals surface area contributed by atoms with Gasteiger partial charge in [0.15, 0.2) is 6.04 Å². The third-order valence-electron chi connectivity index (χ3n) is 1.19. The molecule has 0 heterocycles. The summed E-state index contributed by atoms with van der Waals surface area (Å²) in [6.07, 6.45) is 0.167. The molecule has 1 N–H and O–H groups in total. The molecule has 0 aliphatic heterocycles. The van der Waals surface area contributed by atoms with Crippen molar-refractivity contribution in [2.45, 2.75) is 18.9 Å². The molecule has 0 fully saturated rings. The molecule has 5 nitrogen and oxygen atoms in total. The van der Waals surface area contributed by atoms with E-state index in [4.69, 9.17) is 5.11 Å². The van der Waals surface area contributed by atoms with Gasteiger partial charge in [0.25, 0.3) is 0 Å². The molecule has 0 aromatic rings. The zero-order chi connectivity index (χ0) is 9.56. The summed E-state index contributed by atoms with van der Waals surface area (Å²) in [5.41, 5.74) is 0. The van der Waals surface area contributed by atoms with E-state index >= 15 is 0 Å². The Balaban J connectivity index is 3.80. The predicted molar refractivity (Wildman–Crippen MR) is 47.2 cm³/mol. The maximum Gasteiger partial charge on any atom is 0.328 e. The van der Waals surface area contributed by atoms with E-state index in [-0.39, 0.29) is 12.8 Å². The first-order valence-corrected chi connectivity index (χ1v) is 4.02. The van der Waals surface area contributed by atoms with E-state index in [9.17, 15) is 9.59 Å². The van der Waals surface area contributed by atoms with Crippen LogP contribution in [0.4, 0.5) is 0 Å². The molecule has 0 spiro atoms. The Labute approximate surface area is 74.1 Å². The van der Waals surface area contributed by atoms with Crippen LogP contribution in [0.15, 0.2) is 4.74 Å². The number of carboxylic acid groups (broad SMARTS) is 1. The summed E-state index contributed by atoms with van der Waals surface area (Å²) in [6, 6.07) is -0.897. The maximum absolute atomic E-state index is 10.6. The number of nitrogens with zero attached hydrogens (tertiary/aromatic N) is 1. The third-order valence-corrected chi connectivity index (χ3v) is 1.77. The fourth-order valence-corrected chi connectivity index (χ4v) is 0.914. The van der Waals surface area contributed by atoms with Crippen molar-refractivity contribution in [1.82, 2.24) is 0 Å². The number of hydrogen-bond donors (Lipinski definition) is 1. The van der Waals surface area contributed by atoms with Crippen LogP contribution in [0.5, 0.6) is 0 Å². The zero-order valence-electron chi connectivity index (χ0n) is 6.19. The van der Waals surface area contributed by atoms with Crippen molar-refractivity contribution < 1.29 is 19.2 Å². The van der Waals surface area contributed by atoms with Crippen molar-refractivity contribution in [2.75, 3.05) is 0 Å². The van der Waals surface area contributed by atoms with Crippen molar-refractivity contribution in [2.24, 2.45) is 4.74 Å².